The number of benzene rings is 2. The largest absolute Gasteiger partial charge is 0.344 e. The van der Waals surface area contributed by atoms with E-state index in [2.05, 4.69) is 17.3 Å². The molecule has 2 heterocycles. The van der Waals surface area contributed by atoms with Crippen LogP contribution in [0.1, 0.15) is 46.6 Å². The lowest BCUT2D eigenvalue weighted by Crippen LogP contribution is -2.28. The number of thiophene rings is 1. The van der Waals surface area contributed by atoms with E-state index in [9.17, 15) is 9.59 Å². The molecule has 1 atom stereocenters. The monoisotopic (exact) mass is 475 g/mol. The van der Waals surface area contributed by atoms with Crippen LogP contribution in [0.15, 0.2) is 92.9 Å². The van der Waals surface area contributed by atoms with E-state index >= 15 is 0 Å². The van der Waals surface area contributed by atoms with Crippen LogP contribution >= 0.6 is 23.1 Å². The minimum absolute atomic E-state index is 0.00180. The standard InChI is InChI=1S/C26H25N3O2S2/c1-3-5-22(23-6-4-17-32-23)27-26(31)19-9-11-20(12-10-19)29-25(30)16-15-24(28-29)33-21-13-7-18(2)8-14-21/h4,6-17,22H,3,5H2,1-2H3,(H,27,31)/t22-/m0/s1. The number of nitrogens with zero attached hydrogens (tertiary/aromatic N) is 2. The van der Waals surface area contributed by atoms with Gasteiger partial charge in [0, 0.05) is 21.4 Å². The van der Waals surface area contributed by atoms with Crippen molar-refractivity contribution in [2.45, 2.75) is 42.7 Å². The molecule has 7 heteroatoms. The first-order chi connectivity index (χ1) is 16.0. The average Bonchev–Trinajstić information content (AvgIpc) is 3.37. The zero-order valence-corrected chi connectivity index (χ0v) is 20.2. The molecule has 4 aromatic rings. The van der Waals surface area contributed by atoms with Crippen LogP contribution in [0.5, 0.6) is 0 Å². The summed E-state index contributed by atoms with van der Waals surface area (Å²) < 4.78 is 1.36. The third-order valence-electron chi connectivity index (χ3n) is 5.16. The second-order valence-corrected chi connectivity index (χ2v) is 9.79. The van der Waals surface area contributed by atoms with Crippen molar-refractivity contribution in [3.8, 4) is 5.69 Å². The lowest BCUT2D eigenvalue weighted by molar-refractivity contribution is 0.0935. The Balaban J connectivity index is 1.51. The van der Waals surface area contributed by atoms with Crippen molar-refractivity contribution >= 4 is 29.0 Å². The van der Waals surface area contributed by atoms with Crippen LogP contribution < -0.4 is 10.9 Å². The fraction of sp³-hybridized carbons (Fsp3) is 0.192. The summed E-state index contributed by atoms with van der Waals surface area (Å²) in [4.78, 5) is 27.5. The fourth-order valence-corrected chi connectivity index (χ4v) is 5.00. The molecule has 4 rings (SSSR count). The maximum Gasteiger partial charge on any atom is 0.271 e. The summed E-state index contributed by atoms with van der Waals surface area (Å²) >= 11 is 3.15. The van der Waals surface area contributed by atoms with Gasteiger partial charge in [0.1, 0.15) is 5.03 Å². The molecule has 0 aliphatic rings. The highest BCUT2D eigenvalue weighted by Crippen LogP contribution is 2.26. The molecular formula is C26H25N3O2S2. The Morgan fingerprint density at radius 1 is 1.06 bits per heavy atom. The van der Waals surface area contributed by atoms with Crippen molar-refractivity contribution in [2.24, 2.45) is 0 Å². The molecule has 1 amide bonds. The molecule has 0 unspecified atom stereocenters. The zero-order valence-electron chi connectivity index (χ0n) is 18.5. The minimum Gasteiger partial charge on any atom is -0.344 e. The van der Waals surface area contributed by atoms with Crippen molar-refractivity contribution in [1.29, 1.82) is 0 Å². The van der Waals surface area contributed by atoms with Crippen LogP contribution in [0, 0.1) is 6.92 Å². The maximum absolute atomic E-state index is 12.8. The van der Waals surface area contributed by atoms with E-state index in [1.807, 2.05) is 48.7 Å². The number of amides is 1. The molecule has 0 aliphatic carbocycles. The summed E-state index contributed by atoms with van der Waals surface area (Å²) in [5.74, 6) is -0.127. The molecule has 1 N–H and O–H groups in total. The molecular weight excluding hydrogens is 450 g/mol. The molecule has 0 bridgehead atoms. The van der Waals surface area contributed by atoms with Crippen molar-refractivity contribution in [3.05, 3.63) is 105 Å². The Hall–Kier alpha value is -3.16. The average molecular weight is 476 g/mol. The summed E-state index contributed by atoms with van der Waals surface area (Å²) in [5, 5.41) is 10.4. The Morgan fingerprint density at radius 3 is 2.48 bits per heavy atom. The minimum atomic E-state index is -0.221. The summed E-state index contributed by atoms with van der Waals surface area (Å²) in [6, 6.07) is 22.4. The molecule has 33 heavy (non-hydrogen) atoms. The zero-order chi connectivity index (χ0) is 23.2. The van der Waals surface area contributed by atoms with Gasteiger partial charge < -0.3 is 5.32 Å². The van der Waals surface area contributed by atoms with Gasteiger partial charge in [0.15, 0.2) is 0 Å². The SMILES string of the molecule is CCC[C@H](NC(=O)c1ccc(-n2nc(Sc3ccc(C)cc3)ccc2=O)cc1)c1cccs1. The lowest BCUT2D eigenvalue weighted by Gasteiger charge is -2.17. The van der Waals surface area contributed by atoms with Crippen LogP contribution in [0.25, 0.3) is 5.69 Å². The number of rotatable bonds is 8. The van der Waals surface area contributed by atoms with Gasteiger partial charge in [-0.1, -0.05) is 48.9 Å². The van der Waals surface area contributed by atoms with Crippen molar-refractivity contribution in [3.63, 3.8) is 0 Å². The van der Waals surface area contributed by atoms with Gasteiger partial charge in [-0.05, 0) is 67.3 Å². The van der Waals surface area contributed by atoms with E-state index < -0.39 is 0 Å². The van der Waals surface area contributed by atoms with Gasteiger partial charge in [0.05, 0.1) is 11.7 Å². The first kappa shape index (κ1) is 23.0. The summed E-state index contributed by atoms with van der Waals surface area (Å²) in [6.07, 6.45) is 1.86. The lowest BCUT2D eigenvalue weighted by atomic mass is 10.1. The van der Waals surface area contributed by atoms with E-state index in [4.69, 9.17) is 0 Å². The number of aryl methyl sites for hydroxylation is 1. The number of aromatic nitrogens is 2. The predicted octanol–water partition coefficient (Wildman–Crippen LogP) is 6.02. The third-order valence-corrected chi connectivity index (χ3v) is 7.08. The second-order valence-electron chi connectivity index (χ2n) is 7.71. The van der Waals surface area contributed by atoms with Gasteiger partial charge in [-0.2, -0.15) is 9.78 Å². The van der Waals surface area contributed by atoms with Crippen LogP contribution in [-0.2, 0) is 0 Å². The number of nitrogens with one attached hydrogen (secondary N) is 1. The summed E-state index contributed by atoms with van der Waals surface area (Å²) in [6.45, 7) is 4.15. The molecule has 0 radical (unpaired) electrons. The number of hydrogen-bond acceptors (Lipinski definition) is 5. The van der Waals surface area contributed by atoms with Gasteiger partial charge in [-0.15, -0.1) is 11.3 Å². The highest BCUT2D eigenvalue weighted by Gasteiger charge is 2.16. The fourth-order valence-electron chi connectivity index (χ4n) is 3.42. The van der Waals surface area contributed by atoms with E-state index in [1.54, 1.807) is 41.7 Å². The van der Waals surface area contributed by atoms with E-state index in [-0.39, 0.29) is 17.5 Å². The topological polar surface area (TPSA) is 64.0 Å². The quantitative estimate of drug-likeness (QED) is 0.338. The highest BCUT2D eigenvalue weighted by molar-refractivity contribution is 7.99. The second kappa shape index (κ2) is 10.6. The van der Waals surface area contributed by atoms with Crippen LogP contribution in [0.2, 0.25) is 0 Å². The third kappa shape index (κ3) is 5.80. The Bertz CT molecular complexity index is 1260. The Kier molecular flexibility index (Phi) is 7.42. The molecule has 2 aromatic carbocycles. The van der Waals surface area contributed by atoms with Gasteiger partial charge in [-0.25, -0.2) is 0 Å². The highest BCUT2D eigenvalue weighted by atomic mass is 32.2. The normalized spacial score (nSPS) is 11.8. The molecule has 168 valence electrons. The van der Waals surface area contributed by atoms with Crippen LogP contribution in [0.4, 0.5) is 0 Å². The number of carbonyl (C=O) groups excluding carboxylic acids is 1. The molecule has 0 spiro atoms. The Morgan fingerprint density at radius 2 is 1.82 bits per heavy atom. The first-order valence-corrected chi connectivity index (χ1v) is 12.5. The molecule has 0 saturated carbocycles. The number of carbonyl (C=O) groups is 1. The molecule has 0 fully saturated rings. The van der Waals surface area contributed by atoms with Crippen molar-refractivity contribution in [2.75, 3.05) is 0 Å². The van der Waals surface area contributed by atoms with Gasteiger partial charge in [-0.3, -0.25) is 9.59 Å². The smallest absolute Gasteiger partial charge is 0.271 e. The summed E-state index contributed by atoms with van der Waals surface area (Å²) in [5.41, 5.74) is 2.14. The summed E-state index contributed by atoms with van der Waals surface area (Å²) in [7, 11) is 0. The molecule has 0 saturated heterocycles. The molecule has 2 aromatic heterocycles. The van der Waals surface area contributed by atoms with Gasteiger partial charge >= 0.3 is 0 Å². The van der Waals surface area contributed by atoms with E-state index in [0.717, 1.165) is 27.6 Å². The van der Waals surface area contributed by atoms with Crippen LogP contribution in [-0.4, -0.2) is 15.7 Å². The van der Waals surface area contributed by atoms with Gasteiger partial charge in [0.2, 0.25) is 0 Å². The number of hydrogen-bond donors (Lipinski definition) is 1. The predicted molar refractivity (Wildman–Crippen MR) is 135 cm³/mol. The Labute approximate surface area is 201 Å². The van der Waals surface area contributed by atoms with Crippen LogP contribution in [0.3, 0.4) is 0 Å². The first-order valence-electron chi connectivity index (χ1n) is 10.8. The molecule has 0 aliphatic heterocycles. The maximum atomic E-state index is 12.8. The molecule has 5 nitrogen and oxygen atoms in total. The van der Waals surface area contributed by atoms with Crippen molar-refractivity contribution < 1.29 is 4.79 Å². The van der Waals surface area contributed by atoms with Crippen molar-refractivity contribution in [1.82, 2.24) is 15.1 Å². The van der Waals surface area contributed by atoms with E-state index in [1.165, 1.54) is 28.1 Å². The van der Waals surface area contributed by atoms with Gasteiger partial charge in [0.25, 0.3) is 11.5 Å². The van der Waals surface area contributed by atoms with E-state index in [0.29, 0.717) is 11.3 Å².